The number of aliphatic hydroxyl groups excluding tert-OH is 1. The Morgan fingerprint density at radius 3 is 2.59 bits per heavy atom. The van der Waals surface area contributed by atoms with Gasteiger partial charge in [0, 0.05) is 17.6 Å². The first-order chi connectivity index (χ1) is 7.97. The van der Waals surface area contributed by atoms with Crippen LogP contribution in [0.4, 0.5) is 0 Å². The van der Waals surface area contributed by atoms with Crippen LogP contribution in [0.5, 0.6) is 0 Å². The van der Waals surface area contributed by atoms with Crippen molar-refractivity contribution in [3.05, 3.63) is 34.9 Å². The second kappa shape index (κ2) is 5.65. The molecule has 2 N–H and O–H groups in total. The second-order valence-electron chi connectivity index (χ2n) is 3.46. The Labute approximate surface area is 103 Å². The summed E-state index contributed by atoms with van der Waals surface area (Å²) in [6, 6.07) is 4.91. The van der Waals surface area contributed by atoms with Crippen LogP contribution in [0.15, 0.2) is 24.3 Å². The first-order valence-electron chi connectivity index (χ1n) is 4.83. The smallest absolute Gasteiger partial charge is 0.328 e. The highest BCUT2D eigenvalue weighted by Gasteiger charge is 2.26. The Morgan fingerprint density at radius 1 is 1.47 bits per heavy atom. The van der Waals surface area contributed by atoms with Gasteiger partial charge < -0.3 is 15.1 Å². The Kier molecular flexibility index (Phi) is 4.48. The predicted octanol–water partition coefficient (Wildman–Crippen LogP) is 0.857. The molecular formula is C11H12ClNO4. The summed E-state index contributed by atoms with van der Waals surface area (Å²) in [6.45, 7) is -0.641. The second-order valence-corrected chi connectivity index (χ2v) is 3.90. The zero-order valence-corrected chi connectivity index (χ0v) is 9.89. The number of halogens is 1. The van der Waals surface area contributed by atoms with Crippen molar-refractivity contribution in [1.82, 2.24) is 4.90 Å². The van der Waals surface area contributed by atoms with Gasteiger partial charge in [-0.3, -0.25) is 4.79 Å². The van der Waals surface area contributed by atoms with Crippen molar-refractivity contribution in [2.24, 2.45) is 0 Å². The monoisotopic (exact) mass is 257 g/mol. The maximum absolute atomic E-state index is 11.9. The standard InChI is InChI=1S/C11H12ClNO4/c1-13(9(6-14)11(16)17)10(15)7-3-2-4-8(12)5-7/h2-5,9,14H,6H2,1H3,(H,16,17). The van der Waals surface area contributed by atoms with E-state index in [4.69, 9.17) is 21.8 Å². The molecule has 0 aliphatic rings. The van der Waals surface area contributed by atoms with Gasteiger partial charge in [-0.15, -0.1) is 0 Å². The molecule has 92 valence electrons. The summed E-state index contributed by atoms with van der Waals surface area (Å²) in [5.74, 6) is -1.76. The van der Waals surface area contributed by atoms with Gasteiger partial charge in [-0.2, -0.15) is 0 Å². The fraction of sp³-hybridized carbons (Fsp3) is 0.273. The average Bonchev–Trinajstić information content (AvgIpc) is 2.28. The van der Waals surface area contributed by atoms with E-state index in [2.05, 4.69) is 0 Å². The van der Waals surface area contributed by atoms with Crippen LogP contribution in [0.3, 0.4) is 0 Å². The van der Waals surface area contributed by atoms with Crippen LogP contribution in [-0.2, 0) is 4.79 Å². The fourth-order valence-corrected chi connectivity index (χ4v) is 1.52. The molecule has 0 saturated heterocycles. The topological polar surface area (TPSA) is 77.8 Å². The molecule has 1 aromatic carbocycles. The summed E-state index contributed by atoms with van der Waals surface area (Å²) in [6.07, 6.45) is 0. The third-order valence-electron chi connectivity index (χ3n) is 2.32. The minimum Gasteiger partial charge on any atom is -0.480 e. The third kappa shape index (κ3) is 3.18. The van der Waals surface area contributed by atoms with E-state index >= 15 is 0 Å². The van der Waals surface area contributed by atoms with Crippen LogP contribution in [0.1, 0.15) is 10.4 Å². The van der Waals surface area contributed by atoms with E-state index < -0.39 is 24.5 Å². The van der Waals surface area contributed by atoms with E-state index in [1.54, 1.807) is 12.1 Å². The summed E-state index contributed by atoms with van der Waals surface area (Å²) in [4.78, 5) is 23.7. The zero-order chi connectivity index (χ0) is 13.0. The molecule has 5 nitrogen and oxygen atoms in total. The number of hydrogen-bond acceptors (Lipinski definition) is 3. The molecule has 1 rings (SSSR count). The number of aliphatic carboxylic acids is 1. The van der Waals surface area contributed by atoms with E-state index in [1.807, 2.05) is 0 Å². The van der Waals surface area contributed by atoms with Crippen molar-refractivity contribution in [2.45, 2.75) is 6.04 Å². The fourth-order valence-electron chi connectivity index (χ4n) is 1.33. The molecule has 17 heavy (non-hydrogen) atoms. The molecule has 1 unspecified atom stereocenters. The van der Waals surface area contributed by atoms with Gasteiger partial charge in [-0.1, -0.05) is 17.7 Å². The van der Waals surface area contributed by atoms with E-state index in [0.29, 0.717) is 5.02 Å². The number of nitrogens with zero attached hydrogens (tertiary/aromatic N) is 1. The normalized spacial score (nSPS) is 11.9. The molecule has 1 atom stereocenters. The van der Waals surface area contributed by atoms with Gasteiger partial charge in [0.15, 0.2) is 6.04 Å². The molecule has 0 heterocycles. The number of carboxylic acids is 1. The highest BCUT2D eigenvalue weighted by Crippen LogP contribution is 2.13. The molecular weight excluding hydrogens is 246 g/mol. The summed E-state index contributed by atoms with van der Waals surface area (Å²) in [5, 5.41) is 18.1. The number of hydrogen-bond donors (Lipinski definition) is 2. The lowest BCUT2D eigenvalue weighted by Crippen LogP contribution is -2.44. The van der Waals surface area contributed by atoms with E-state index in [9.17, 15) is 9.59 Å². The molecule has 1 aromatic rings. The number of amides is 1. The lowest BCUT2D eigenvalue weighted by atomic mass is 10.1. The number of benzene rings is 1. The van der Waals surface area contributed by atoms with Crippen LogP contribution < -0.4 is 0 Å². The third-order valence-corrected chi connectivity index (χ3v) is 2.55. The lowest BCUT2D eigenvalue weighted by molar-refractivity contribution is -0.143. The summed E-state index contributed by atoms with van der Waals surface area (Å²) in [7, 11) is 1.32. The number of carbonyl (C=O) groups is 2. The minimum atomic E-state index is -1.26. The van der Waals surface area contributed by atoms with Crippen molar-refractivity contribution >= 4 is 23.5 Å². The van der Waals surface area contributed by atoms with Gasteiger partial charge in [0.05, 0.1) is 6.61 Å². The van der Waals surface area contributed by atoms with Crippen LogP contribution in [0, 0.1) is 0 Å². The molecule has 0 aliphatic heterocycles. The zero-order valence-electron chi connectivity index (χ0n) is 9.13. The quantitative estimate of drug-likeness (QED) is 0.839. The number of likely N-dealkylation sites (N-methyl/N-ethyl adjacent to an activating group) is 1. The molecule has 0 fully saturated rings. The summed E-state index contributed by atoms with van der Waals surface area (Å²) < 4.78 is 0. The molecule has 1 amide bonds. The predicted molar refractivity (Wildman–Crippen MR) is 62.1 cm³/mol. The number of carbonyl (C=O) groups excluding carboxylic acids is 1. The van der Waals surface area contributed by atoms with Crippen LogP contribution >= 0.6 is 11.6 Å². The molecule has 6 heteroatoms. The molecule has 0 spiro atoms. The van der Waals surface area contributed by atoms with E-state index in [-0.39, 0.29) is 5.56 Å². The first-order valence-corrected chi connectivity index (χ1v) is 5.21. The highest BCUT2D eigenvalue weighted by molar-refractivity contribution is 6.30. The largest absolute Gasteiger partial charge is 0.480 e. The number of carboxylic acid groups (broad SMARTS) is 1. The maximum Gasteiger partial charge on any atom is 0.328 e. The van der Waals surface area contributed by atoms with Crippen molar-refractivity contribution in [3.63, 3.8) is 0 Å². The van der Waals surface area contributed by atoms with Crippen molar-refractivity contribution in [1.29, 1.82) is 0 Å². The average molecular weight is 258 g/mol. The number of aliphatic hydroxyl groups is 1. The first kappa shape index (κ1) is 13.5. The molecule has 0 aromatic heterocycles. The van der Waals surface area contributed by atoms with Crippen molar-refractivity contribution in [3.8, 4) is 0 Å². The van der Waals surface area contributed by atoms with Gasteiger partial charge in [0.1, 0.15) is 0 Å². The van der Waals surface area contributed by atoms with E-state index in [1.165, 1.54) is 19.2 Å². The molecule has 0 radical (unpaired) electrons. The van der Waals surface area contributed by atoms with Gasteiger partial charge in [0.25, 0.3) is 5.91 Å². The van der Waals surface area contributed by atoms with Gasteiger partial charge in [-0.25, -0.2) is 4.79 Å². The summed E-state index contributed by atoms with van der Waals surface area (Å²) in [5.41, 5.74) is 0.277. The molecule has 0 saturated carbocycles. The van der Waals surface area contributed by atoms with Crippen LogP contribution in [-0.4, -0.2) is 46.7 Å². The highest BCUT2D eigenvalue weighted by atomic mass is 35.5. The minimum absolute atomic E-state index is 0.277. The Morgan fingerprint density at radius 2 is 2.12 bits per heavy atom. The van der Waals surface area contributed by atoms with Gasteiger partial charge in [0.2, 0.25) is 0 Å². The Balaban J connectivity index is 2.93. The SMILES string of the molecule is CN(C(=O)c1cccc(Cl)c1)C(CO)C(=O)O. The number of rotatable bonds is 4. The molecule has 0 bridgehead atoms. The Hall–Kier alpha value is -1.59. The Bertz CT molecular complexity index is 435. The summed E-state index contributed by atoms with van der Waals surface area (Å²) >= 11 is 5.73. The lowest BCUT2D eigenvalue weighted by Gasteiger charge is -2.23. The van der Waals surface area contributed by atoms with Crippen molar-refractivity contribution < 1.29 is 19.8 Å². The van der Waals surface area contributed by atoms with Gasteiger partial charge in [-0.05, 0) is 18.2 Å². The maximum atomic E-state index is 11.9. The molecule has 0 aliphatic carbocycles. The van der Waals surface area contributed by atoms with Crippen molar-refractivity contribution in [2.75, 3.05) is 13.7 Å². The van der Waals surface area contributed by atoms with Crippen LogP contribution in [0.2, 0.25) is 5.02 Å². The van der Waals surface area contributed by atoms with Crippen LogP contribution in [0.25, 0.3) is 0 Å². The van der Waals surface area contributed by atoms with Gasteiger partial charge >= 0.3 is 5.97 Å². The van der Waals surface area contributed by atoms with E-state index in [0.717, 1.165) is 4.90 Å².